The number of hydrogen-bond donors (Lipinski definition) is 2. The number of nitrogens with one attached hydrogen (secondary N) is 1. The summed E-state index contributed by atoms with van der Waals surface area (Å²) in [4.78, 5) is 11.3. The number of halogens is 1. The number of carbonyl (C=O) groups is 1. The highest BCUT2D eigenvalue weighted by Gasteiger charge is 2.12. The topological polar surface area (TPSA) is 64.4 Å². The molecule has 0 radical (unpaired) electrons. The Morgan fingerprint density at radius 3 is 2.83 bits per heavy atom. The van der Waals surface area contributed by atoms with Crippen LogP contribution in [0.15, 0.2) is 24.3 Å². The fourth-order valence-electron chi connectivity index (χ4n) is 1.44. The molecule has 5 heteroatoms. The Bertz CT molecular complexity index is 385. The van der Waals surface area contributed by atoms with E-state index in [0.29, 0.717) is 19.5 Å². The number of ether oxygens (including phenoxy) is 1. The van der Waals surface area contributed by atoms with Gasteiger partial charge in [0.05, 0.1) is 6.54 Å². The summed E-state index contributed by atoms with van der Waals surface area (Å²) in [6.45, 7) is 2.58. The van der Waals surface area contributed by atoms with Crippen LogP contribution in [0.1, 0.15) is 19.8 Å². The van der Waals surface area contributed by atoms with Crippen LogP contribution < -0.4 is 15.8 Å². The first-order chi connectivity index (χ1) is 8.67. The van der Waals surface area contributed by atoms with Crippen molar-refractivity contribution in [1.82, 2.24) is 5.32 Å². The van der Waals surface area contributed by atoms with Gasteiger partial charge in [-0.25, -0.2) is 4.39 Å². The van der Waals surface area contributed by atoms with Gasteiger partial charge in [-0.1, -0.05) is 19.1 Å². The number of amides is 1. The smallest absolute Gasteiger partial charge is 0.221 e. The second-order valence-electron chi connectivity index (χ2n) is 3.92. The van der Waals surface area contributed by atoms with E-state index in [1.54, 1.807) is 18.2 Å². The Labute approximate surface area is 106 Å². The van der Waals surface area contributed by atoms with E-state index in [1.165, 1.54) is 6.07 Å². The van der Waals surface area contributed by atoms with Crippen molar-refractivity contribution in [1.29, 1.82) is 0 Å². The molecule has 0 fully saturated rings. The van der Waals surface area contributed by atoms with E-state index in [-0.39, 0.29) is 24.2 Å². The molecule has 100 valence electrons. The molecule has 3 N–H and O–H groups in total. The summed E-state index contributed by atoms with van der Waals surface area (Å²) in [7, 11) is 0. The highest BCUT2D eigenvalue weighted by molar-refractivity contribution is 5.76. The van der Waals surface area contributed by atoms with Crippen LogP contribution in [0.3, 0.4) is 0 Å². The van der Waals surface area contributed by atoms with Gasteiger partial charge in [-0.3, -0.25) is 4.79 Å². The number of para-hydroxylation sites is 1. The lowest BCUT2D eigenvalue weighted by Crippen LogP contribution is -2.35. The van der Waals surface area contributed by atoms with Gasteiger partial charge in [0.15, 0.2) is 11.6 Å². The number of carbonyl (C=O) groups excluding carboxylic acids is 1. The van der Waals surface area contributed by atoms with Gasteiger partial charge < -0.3 is 15.8 Å². The van der Waals surface area contributed by atoms with Gasteiger partial charge in [0.1, 0.15) is 6.10 Å². The summed E-state index contributed by atoms with van der Waals surface area (Å²) in [5, 5.41) is 2.71. The Balaban J connectivity index is 2.47. The molecular formula is C13H19FN2O2. The number of benzene rings is 1. The van der Waals surface area contributed by atoms with Crippen molar-refractivity contribution in [2.45, 2.75) is 25.9 Å². The molecule has 1 rings (SSSR count). The molecular weight excluding hydrogens is 235 g/mol. The Hall–Kier alpha value is -1.62. The summed E-state index contributed by atoms with van der Waals surface area (Å²) in [6, 6.07) is 6.22. The van der Waals surface area contributed by atoms with Gasteiger partial charge >= 0.3 is 0 Å². The molecule has 4 nitrogen and oxygen atoms in total. The van der Waals surface area contributed by atoms with Crippen LogP contribution in [-0.2, 0) is 4.79 Å². The molecule has 1 aromatic rings. The number of hydrogen-bond acceptors (Lipinski definition) is 3. The minimum absolute atomic E-state index is 0.118. The normalized spacial score (nSPS) is 11.9. The highest BCUT2D eigenvalue weighted by atomic mass is 19.1. The lowest BCUT2D eigenvalue weighted by molar-refractivity contribution is -0.121. The maximum atomic E-state index is 13.4. The first kappa shape index (κ1) is 14.4. The first-order valence-electron chi connectivity index (χ1n) is 6.05. The maximum Gasteiger partial charge on any atom is 0.221 e. The summed E-state index contributed by atoms with van der Waals surface area (Å²) < 4.78 is 18.9. The molecule has 0 saturated carbocycles. The summed E-state index contributed by atoms with van der Waals surface area (Å²) in [6.07, 6.45) is 0.719. The van der Waals surface area contributed by atoms with Gasteiger partial charge in [0, 0.05) is 13.0 Å². The van der Waals surface area contributed by atoms with E-state index < -0.39 is 5.82 Å². The molecule has 0 spiro atoms. The number of nitrogens with two attached hydrogens (primary N) is 1. The number of rotatable bonds is 7. The Morgan fingerprint density at radius 1 is 1.50 bits per heavy atom. The van der Waals surface area contributed by atoms with E-state index in [1.807, 2.05) is 6.92 Å². The first-order valence-corrected chi connectivity index (χ1v) is 6.05. The maximum absolute atomic E-state index is 13.4. The van der Waals surface area contributed by atoms with Crippen LogP contribution in [0, 0.1) is 5.82 Å². The molecule has 0 bridgehead atoms. The molecule has 0 saturated heterocycles. The van der Waals surface area contributed by atoms with Crippen molar-refractivity contribution in [3.05, 3.63) is 30.1 Å². The van der Waals surface area contributed by atoms with E-state index in [4.69, 9.17) is 10.5 Å². The Kier molecular flexibility index (Phi) is 6.14. The average Bonchev–Trinajstić information content (AvgIpc) is 2.37. The standard InChI is InChI=1S/C13H19FN2O2/c1-2-10(9-16-13(17)7-8-15)18-12-6-4-3-5-11(12)14/h3-6,10H,2,7-9,15H2,1H3,(H,16,17). The lowest BCUT2D eigenvalue weighted by Gasteiger charge is -2.18. The molecule has 0 aliphatic rings. The molecule has 0 aromatic heterocycles. The summed E-state index contributed by atoms with van der Waals surface area (Å²) in [5.74, 6) is -0.310. The fourth-order valence-corrected chi connectivity index (χ4v) is 1.44. The van der Waals surface area contributed by atoms with Crippen molar-refractivity contribution in [3.8, 4) is 5.75 Å². The van der Waals surface area contributed by atoms with Crippen molar-refractivity contribution < 1.29 is 13.9 Å². The van der Waals surface area contributed by atoms with Gasteiger partial charge in [-0.15, -0.1) is 0 Å². The van der Waals surface area contributed by atoms with Gasteiger partial charge in [0.2, 0.25) is 5.91 Å². The second kappa shape index (κ2) is 7.66. The minimum atomic E-state index is -0.399. The fraction of sp³-hybridized carbons (Fsp3) is 0.462. The predicted octanol–water partition coefficient (Wildman–Crippen LogP) is 1.45. The zero-order chi connectivity index (χ0) is 13.4. The quantitative estimate of drug-likeness (QED) is 0.774. The monoisotopic (exact) mass is 254 g/mol. The molecule has 0 heterocycles. The van der Waals surface area contributed by atoms with E-state index in [9.17, 15) is 9.18 Å². The van der Waals surface area contributed by atoms with Crippen LogP contribution in [0.2, 0.25) is 0 Å². The zero-order valence-electron chi connectivity index (χ0n) is 10.5. The van der Waals surface area contributed by atoms with Gasteiger partial charge in [0.25, 0.3) is 0 Å². The third-order valence-electron chi connectivity index (χ3n) is 2.48. The third-order valence-corrected chi connectivity index (χ3v) is 2.48. The third kappa shape index (κ3) is 4.71. The molecule has 0 aliphatic carbocycles. The zero-order valence-corrected chi connectivity index (χ0v) is 10.5. The molecule has 1 unspecified atom stereocenters. The predicted molar refractivity (Wildman–Crippen MR) is 67.8 cm³/mol. The molecule has 1 atom stereocenters. The molecule has 1 amide bonds. The largest absolute Gasteiger partial charge is 0.486 e. The van der Waals surface area contributed by atoms with Crippen molar-refractivity contribution >= 4 is 5.91 Å². The highest BCUT2D eigenvalue weighted by Crippen LogP contribution is 2.17. The van der Waals surface area contributed by atoms with Crippen LogP contribution in [0.25, 0.3) is 0 Å². The molecule has 18 heavy (non-hydrogen) atoms. The van der Waals surface area contributed by atoms with Crippen molar-refractivity contribution in [2.75, 3.05) is 13.1 Å². The van der Waals surface area contributed by atoms with Crippen molar-refractivity contribution in [3.63, 3.8) is 0 Å². The summed E-state index contributed by atoms with van der Waals surface area (Å²) >= 11 is 0. The van der Waals surface area contributed by atoms with Crippen LogP contribution >= 0.6 is 0 Å². The van der Waals surface area contributed by atoms with Crippen molar-refractivity contribution in [2.24, 2.45) is 5.73 Å². The minimum Gasteiger partial charge on any atom is -0.486 e. The van der Waals surface area contributed by atoms with Gasteiger partial charge in [-0.05, 0) is 18.6 Å². The van der Waals surface area contributed by atoms with E-state index >= 15 is 0 Å². The van der Waals surface area contributed by atoms with Crippen LogP contribution in [-0.4, -0.2) is 25.1 Å². The van der Waals surface area contributed by atoms with E-state index in [2.05, 4.69) is 5.32 Å². The average molecular weight is 254 g/mol. The molecule has 1 aromatic carbocycles. The van der Waals surface area contributed by atoms with Crippen LogP contribution in [0.4, 0.5) is 4.39 Å². The SMILES string of the molecule is CCC(CNC(=O)CCN)Oc1ccccc1F. The van der Waals surface area contributed by atoms with Gasteiger partial charge in [-0.2, -0.15) is 0 Å². The van der Waals surface area contributed by atoms with Crippen LogP contribution in [0.5, 0.6) is 5.75 Å². The Morgan fingerprint density at radius 2 is 2.22 bits per heavy atom. The molecule has 0 aliphatic heterocycles. The second-order valence-corrected chi connectivity index (χ2v) is 3.92. The van der Waals surface area contributed by atoms with E-state index in [0.717, 1.165) is 0 Å². The summed E-state index contributed by atoms with van der Waals surface area (Å²) in [5.41, 5.74) is 5.27. The lowest BCUT2D eigenvalue weighted by atomic mass is 10.2.